The molecule has 43 heavy (non-hydrogen) atoms. The number of hydrogen-bond acceptors (Lipinski definition) is 9. The molecular formula is C29H46N6O6S2. The minimum Gasteiger partial charge on any atom is -0.480 e. The monoisotopic (exact) mass is 638 g/mol. The lowest BCUT2D eigenvalue weighted by atomic mass is 9.91. The van der Waals surface area contributed by atoms with Crippen LogP contribution in [0.25, 0.3) is 0 Å². The Morgan fingerprint density at radius 3 is 2.28 bits per heavy atom. The summed E-state index contributed by atoms with van der Waals surface area (Å²) < 4.78 is 0. The minimum absolute atomic E-state index is 0.0269. The molecule has 1 aliphatic heterocycles. The maximum Gasteiger partial charge on any atom is 0.326 e. The molecule has 0 spiro atoms. The lowest BCUT2D eigenvalue weighted by Crippen LogP contribution is -2.62. The van der Waals surface area contributed by atoms with Gasteiger partial charge >= 0.3 is 5.97 Å². The fourth-order valence-corrected chi connectivity index (χ4v) is 5.54. The van der Waals surface area contributed by atoms with Crippen LogP contribution in [0.1, 0.15) is 50.7 Å². The number of rotatable bonds is 17. The van der Waals surface area contributed by atoms with Crippen molar-refractivity contribution in [2.75, 3.05) is 24.3 Å². The molecule has 1 aliphatic rings. The minimum atomic E-state index is -1.15. The van der Waals surface area contributed by atoms with E-state index in [-0.39, 0.29) is 31.1 Å². The van der Waals surface area contributed by atoms with Gasteiger partial charge in [0, 0.05) is 18.7 Å². The molecule has 5 atom stereocenters. The number of unbranched alkanes of at least 4 members (excludes halogenated alkanes) is 1. The van der Waals surface area contributed by atoms with E-state index in [1.807, 2.05) is 30.5 Å². The first-order valence-electron chi connectivity index (χ1n) is 14.5. The van der Waals surface area contributed by atoms with Crippen molar-refractivity contribution in [3.8, 4) is 0 Å². The van der Waals surface area contributed by atoms with E-state index in [9.17, 15) is 29.1 Å². The van der Waals surface area contributed by atoms with Crippen molar-refractivity contribution in [2.45, 2.75) is 82.7 Å². The Morgan fingerprint density at radius 2 is 1.70 bits per heavy atom. The number of benzene rings is 1. The zero-order valence-corrected chi connectivity index (χ0v) is 26.8. The van der Waals surface area contributed by atoms with Crippen LogP contribution in [0.3, 0.4) is 0 Å². The number of aliphatic carboxylic acids is 1. The highest BCUT2D eigenvalue weighted by Gasteiger charge is 2.40. The van der Waals surface area contributed by atoms with Crippen LogP contribution in [-0.2, 0) is 36.9 Å². The number of fused-ring (bicyclic) bond motifs is 1. The third-order valence-corrected chi connectivity index (χ3v) is 8.42. The Labute approximate surface area is 263 Å². The molecule has 1 aromatic rings. The zero-order chi connectivity index (χ0) is 32.1. The summed E-state index contributed by atoms with van der Waals surface area (Å²) in [7, 11) is 0. The van der Waals surface area contributed by atoms with Crippen LogP contribution >= 0.6 is 24.4 Å². The van der Waals surface area contributed by atoms with Crippen LogP contribution in [0.15, 0.2) is 24.3 Å². The van der Waals surface area contributed by atoms with E-state index in [2.05, 4.69) is 28.6 Å². The molecule has 0 unspecified atom stereocenters. The number of nitrogens with zero attached hydrogens (tertiary/aromatic N) is 1. The van der Waals surface area contributed by atoms with Gasteiger partial charge in [0.05, 0.1) is 6.04 Å². The molecule has 12 nitrogen and oxygen atoms in total. The molecule has 2 rings (SSSR count). The average Bonchev–Trinajstić information content (AvgIpc) is 2.98. The van der Waals surface area contributed by atoms with Crippen molar-refractivity contribution in [1.82, 2.24) is 20.9 Å². The quantitative estimate of drug-likeness (QED) is 0.0926. The average molecular weight is 639 g/mol. The predicted molar refractivity (Wildman–Crippen MR) is 170 cm³/mol. The Hall–Kier alpha value is -2.81. The smallest absolute Gasteiger partial charge is 0.326 e. The van der Waals surface area contributed by atoms with Gasteiger partial charge in [-0.15, -0.1) is 0 Å². The fraction of sp³-hybridized carbons (Fsp3) is 0.621. The number of amides is 4. The molecule has 0 aliphatic carbocycles. The summed E-state index contributed by atoms with van der Waals surface area (Å²) in [6.45, 7) is 4.13. The number of carbonyl (C=O) groups is 5. The van der Waals surface area contributed by atoms with Gasteiger partial charge in [-0.3, -0.25) is 19.2 Å². The molecule has 1 heterocycles. The van der Waals surface area contributed by atoms with E-state index in [1.165, 1.54) is 16.7 Å². The number of nitrogens with two attached hydrogens (primary N) is 2. The second kappa shape index (κ2) is 18.1. The van der Waals surface area contributed by atoms with Gasteiger partial charge in [0.2, 0.25) is 23.6 Å². The highest BCUT2D eigenvalue weighted by atomic mass is 32.2. The van der Waals surface area contributed by atoms with Crippen LogP contribution in [0.2, 0.25) is 0 Å². The van der Waals surface area contributed by atoms with Crippen molar-refractivity contribution in [2.24, 2.45) is 17.4 Å². The first-order chi connectivity index (χ1) is 20.4. The van der Waals surface area contributed by atoms with Gasteiger partial charge in [-0.25, -0.2) is 4.79 Å². The third-order valence-electron chi connectivity index (χ3n) is 7.41. The van der Waals surface area contributed by atoms with E-state index in [0.717, 1.165) is 17.5 Å². The normalized spacial score (nSPS) is 17.3. The molecule has 8 N–H and O–H groups in total. The number of hydrogen-bond donors (Lipinski definition) is 7. The van der Waals surface area contributed by atoms with Crippen molar-refractivity contribution in [3.05, 3.63) is 35.4 Å². The molecule has 0 bridgehead atoms. The number of thiol groups is 1. The molecule has 240 valence electrons. The highest BCUT2D eigenvalue weighted by molar-refractivity contribution is 7.98. The number of carboxylic acids is 1. The SMILES string of the molecule is CSCC[C@H](NC(=O)[C@@H]1Cc2ccccc2CN1C(=O)[C@H](NC(=O)[C@H](CS)NC(=O)[C@@H](N)CCCCN)C(C)C)C(=O)O. The van der Waals surface area contributed by atoms with Gasteiger partial charge in [0.15, 0.2) is 0 Å². The molecule has 0 aromatic heterocycles. The van der Waals surface area contributed by atoms with E-state index < -0.39 is 59.8 Å². The summed E-state index contributed by atoms with van der Waals surface area (Å²) in [4.78, 5) is 66.7. The molecule has 14 heteroatoms. The van der Waals surface area contributed by atoms with Gasteiger partial charge < -0.3 is 37.4 Å². The molecular weight excluding hydrogens is 592 g/mol. The van der Waals surface area contributed by atoms with Crippen LogP contribution in [-0.4, -0.2) is 94.1 Å². The first-order valence-corrected chi connectivity index (χ1v) is 16.5. The summed E-state index contributed by atoms with van der Waals surface area (Å²) >= 11 is 5.70. The van der Waals surface area contributed by atoms with Crippen LogP contribution < -0.4 is 27.4 Å². The van der Waals surface area contributed by atoms with Gasteiger partial charge in [0.25, 0.3) is 0 Å². The van der Waals surface area contributed by atoms with Crippen molar-refractivity contribution in [3.63, 3.8) is 0 Å². The summed E-state index contributed by atoms with van der Waals surface area (Å²) in [5, 5.41) is 17.6. The van der Waals surface area contributed by atoms with Crippen molar-refractivity contribution < 1.29 is 29.1 Å². The standard InChI is InChI=1S/C29H46N6O6S2/c1-17(2)24(34-26(37)22(16-42)33-25(36)20(31)10-6-7-12-30)28(39)35-15-19-9-5-4-8-18(19)14-23(35)27(38)32-21(29(40)41)11-13-43-3/h4-5,8-9,17,20-24,42H,6-7,10-16,30-31H2,1-3H3,(H,32,38)(H,33,36)(H,34,37)(H,40,41)/t20-,21-,22-,23-,24+/m0/s1. The molecule has 0 saturated heterocycles. The lowest BCUT2D eigenvalue weighted by Gasteiger charge is -2.39. The van der Waals surface area contributed by atoms with Gasteiger partial charge in [0.1, 0.15) is 24.2 Å². The molecule has 4 amide bonds. The van der Waals surface area contributed by atoms with Gasteiger partial charge in [-0.05, 0) is 54.9 Å². The first kappa shape index (κ1) is 36.4. The van der Waals surface area contributed by atoms with Crippen LogP contribution in [0.4, 0.5) is 0 Å². The maximum atomic E-state index is 14.1. The second-order valence-corrected chi connectivity index (χ2v) is 12.4. The third kappa shape index (κ3) is 10.7. The molecule has 0 fully saturated rings. The van der Waals surface area contributed by atoms with E-state index in [0.29, 0.717) is 25.1 Å². The summed E-state index contributed by atoms with van der Waals surface area (Å²) in [6.07, 6.45) is 4.09. The Bertz CT molecular complexity index is 1120. The van der Waals surface area contributed by atoms with E-state index in [4.69, 9.17) is 11.5 Å². The van der Waals surface area contributed by atoms with Gasteiger partial charge in [-0.1, -0.05) is 44.5 Å². The Morgan fingerprint density at radius 1 is 1.02 bits per heavy atom. The number of nitrogens with one attached hydrogen (secondary N) is 3. The van der Waals surface area contributed by atoms with Crippen molar-refractivity contribution in [1.29, 1.82) is 0 Å². The number of thioether (sulfide) groups is 1. The zero-order valence-electron chi connectivity index (χ0n) is 25.1. The lowest BCUT2D eigenvalue weighted by molar-refractivity contribution is -0.147. The van der Waals surface area contributed by atoms with Gasteiger partial charge in [-0.2, -0.15) is 24.4 Å². The Balaban J connectivity index is 2.26. The van der Waals surface area contributed by atoms with Crippen LogP contribution in [0.5, 0.6) is 0 Å². The Kier molecular flexibility index (Phi) is 15.3. The van der Waals surface area contributed by atoms with E-state index in [1.54, 1.807) is 13.8 Å². The second-order valence-electron chi connectivity index (χ2n) is 11.0. The largest absolute Gasteiger partial charge is 0.480 e. The summed E-state index contributed by atoms with van der Waals surface area (Å²) in [6, 6.07) is 2.46. The topological polar surface area (TPSA) is 197 Å². The molecule has 0 radical (unpaired) electrons. The van der Waals surface area contributed by atoms with Crippen LogP contribution in [0, 0.1) is 5.92 Å². The maximum absolute atomic E-state index is 14.1. The molecule has 0 saturated carbocycles. The summed E-state index contributed by atoms with van der Waals surface area (Å²) in [5.41, 5.74) is 13.2. The van der Waals surface area contributed by atoms with E-state index >= 15 is 0 Å². The van der Waals surface area contributed by atoms with Crippen molar-refractivity contribution >= 4 is 54.0 Å². The number of carboxylic acid groups (broad SMARTS) is 1. The molecule has 1 aromatic carbocycles. The predicted octanol–water partition coefficient (Wildman–Crippen LogP) is 0.274. The number of carbonyl (C=O) groups excluding carboxylic acids is 4. The highest BCUT2D eigenvalue weighted by Crippen LogP contribution is 2.25. The summed E-state index contributed by atoms with van der Waals surface area (Å²) in [5.74, 6) is -3.19. The fourth-order valence-electron chi connectivity index (χ4n) is 4.81.